The Labute approximate surface area is 148 Å². The van der Waals surface area contributed by atoms with Gasteiger partial charge < -0.3 is 14.4 Å². The summed E-state index contributed by atoms with van der Waals surface area (Å²) in [5.74, 6) is 0.676. The van der Waals surface area contributed by atoms with E-state index < -0.39 is 0 Å². The first-order valence-electron chi connectivity index (χ1n) is 7.59. The fourth-order valence-electron chi connectivity index (χ4n) is 2.67. The average molecular weight is 389 g/mol. The van der Waals surface area contributed by atoms with E-state index in [1.54, 1.807) is 10.6 Å². The molecule has 0 unspecified atom stereocenters. The number of ether oxygens (including phenoxy) is 1. The number of aromatic hydroxyl groups is 1. The number of aromatic nitrogens is 1. The molecule has 0 aliphatic rings. The standard InChI is InChI=1S/C18H17BrN2O3/c1-11(2)24-14-6-3-12(4-7-14)10-21-16-8-5-13(19)9-15(16)17(20-23)18(21)22/h3-9,11,22H,10H2,1-2H3. The maximum absolute atomic E-state index is 11.1. The Morgan fingerprint density at radius 3 is 2.54 bits per heavy atom. The van der Waals surface area contributed by atoms with Gasteiger partial charge >= 0.3 is 0 Å². The molecule has 0 spiro atoms. The van der Waals surface area contributed by atoms with Crippen molar-refractivity contribution in [2.75, 3.05) is 0 Å². The highest BCUT2D eigenvalue weighted by Crippen LogP contribution is 2.40. The van der Waals surface area contributed by atoms with E-state index in [0.717, 1.165) is 21.3 Å². The lowest BCUT2D eigenvalue weighted by molar-refractivity contribution is 0.242. The van der Waals surface area contributed by atoms with Crippen LogP contribution in [-0.2, 0) is 6.54 Å². The van der Waals surface area contributed by atoms with Crippen LogP contribution in [0.25, 0.3) is 10.9 Å². The number of fused-ring (bicyclic) bond motifs is 1. The molecule has 0 fully saturated rings. The predicted molar refractivity (Wildman–Crippen MR) is 98.1 cm³/mol. The predicted octanol–water partition coefficient (Wildman–Crippen LogP) is 5.34. The third-order valence-corrected chi connectivity index (χ3v) is 4.19. The van der Waals surface area contributed by atoms with Crippen LogP contribution in [0.4, 0.5) is 5.69 Å². The molecule has 0 bridgehead atoms. The van der Waals surface area contributed by atoms with Crippen LogP contribution in [0, 0.1) is 4.91 Å². The number of rotatable bonds is 5. The monoisotopic (exact) mass is 388 g/mol. The topological polar surface area (TPSA) is 63.8 Å². The van der Waals surface area contributed by atoms with Gasteiger partial charge in [0.1, 0.15) is 5.75 Å². The second kappa shape index (κ2) is 6.65. The molecule has 3 rings (SSSR count). The normalized spacial score (nSPS) is 11.2. The van der Waals surface area contributed by atoms with E-state index in [1.807, 2.05) is 50.2 Å². The van der Waals surface area contributed by atoms with E-state index in [1.165, 1.54) is 0 Å². The highest BCUT2D eigenvalue weighted by Gasteiger charge is 2.18. The van der Waals surface area contributed by atoms with Crippen molar-refractivity contribution in [3.05, 3.63) is 57.4 Å². The van der Waals surface area contributed by atoms with Gasteiger partial charge in [0.25, 0.3) is 0 Å². The Kier molecular flexibility index (Phi) is 4.57. The van der Waals surface area contributed by atoms with E-state index in [4.69, 9.17) is 4.74 Å². The Hall–Kier alpha value is -2.34. The largest absolute Gasteiger partial charge is 0.493 e. The van der Waals surface area contributed by atoms with Crippen LogP contribution in [0.2, 0.25) is 0 Å². The molecule has 0 aliphatic carbocycles. The van der Waals surface area contributed by atoms with Gasteiger partial charge in [-0.15, -0.1) is 4.91 Å². The molecule has 0 radical (unpaired) electrons. The fraction of sp³-hybridized carbons (Fsp3) is 0.222. The minimum atomic E-state index is -0.124. The van der Waals surface area contributed by atoms with Gasteiger partial charge in [0.05, 0.1) is 18.2 Å². The van der Waals surface area contributed by atoms with E-state index >= 15 is 0 Å². The summed E-state index contributed by atoms with van der Waals surface area (Å²) in [6.45, 7) is 4.38. The van der Waals surface area contributed by atoms with Crippen molar-refractivity contribution in [1.82, 2.24) is 4.57 Å². The molecular weight excluding hydrogens is 372 g/mol. The first kappa shape index (κ1) is 16.5. The lowest BCUT2D eigenvalue weighted by atomic mass is 10.2. The summed E-state index contributed by atoms with van der Waals surface area (Å²) in [5.41, 5.74) is 1.80. The van der Waals surface area contributed by atoms with Crippen molar-refractivity contribution in [2.24, 2.45) is 5.18 Å². The van der Waals surface area contributed by atoms with Crippen molar-refractivity contribution in [2.45, 2.75) is 26.5 Å². The van der Waals surface area contributed by atoms with Gasteiger partial charge in [0, 0.05) is 9.86 Å². The molecule has 1 N–H and O–H groups in total. The van der Waals surface area contributed by atoms with Gasteiger partial charge in [-0.3, -0.25) is 0 Å². The molecule has 5 nitrogen and oxygen atoms in total. The summed E-state index contributed by atoms with van der Waals surface area (Å²) in [5, 5.41) is 14.0. The van der Waals surface area contributed by atoms with E-state index in [2.05, 4.69) is 21.1 Å². The summed E-state index contributed by atoms with van der Waals surface area (Å²) in [4.78, 5) is 11.1. The van der Waals surface area contributed by atoms with Gasteiger partial charge in [-0.2, -0.15) is 0 Å². The van der Waals surface area contributed by atoms with Gasteiger partial charge in [0.2, 0.25) is 5.88 Å². The molecule has 0 aliphatic heterocycles. The maximum atomic E-state index is 11.1. The zero-order valence-corrected chi connectivity index (χ0v) is 14.9. The summed E-state index contributed by atoms with van der Waals surface area (Å²) in [6.07, 6.45) is 0.118. The second-order valence-corrected chi connectivity index (χ2v) is 6.74. The van der Waals surface area contributed by atoms with Crippen LogP contribution in [0.3, 0.4) is 0 Å². The molecule has 2 aromatic carbocycles. The third-order valence-electron chi connectivity index (χ3n) is 3.70. The molecule has 3 aromatic rings. The van der Waals surface area contributed by atoms with Crippen molar-refractivity contribution in [3.8, 4) is 11.6 Å². The summed E-state index contributed by atoms with van der Waals surface area (Å²) >= 11 is 3.38. The van der Waals surface area contributed by atoms with E-state index in [-0.39, 0.29) is 17.7 Å². The van der Waals surface area contributed by atoms with Crippen molar-refractivity contribution in [1.29, 1.82) is 0 Å². The van der Waals surface area contributed by atoms with Crippen LogP contribution in [-0.4, -0.2) is 15.8 Å². The smallest absolute Gasteiger partial charge is 0.222 e. The van der Waals surface area contributed by atoms with Crippen LogP contribution >= 0.6 is 15.9 Å². The first-order chi connectivity index (χ1) is 11.5. The third kappa shape index (κ3) is 3.14. The number of hydrogen-bond donors (Lipinski definition) is 1. The van der Waals surface area contributed by atoms with Crippen LogP contribution in [0.1, 0.15) is 19.4 Å². The highest BCUT2D eigenvalue weighted by molar-refractivity contribution is 9.10. The van der Waals surface area contributed by atoms with Crippen LogP contribution < -0.4 is 4.74 Å². The maximum Gasteiger partial charge on any atom is 0.222 e. The van der Waals surface area contributed by atoms with Crippen molar-refractivity contribution >= 4 is 32.5 Å². The minimum Gasteiger partial charge on any atom is -0.493 e. The molecule has 6 heteroatoms. The number of nitrogens with zero attached hydrogens (tertiary/aromatic N) is 2. The van der Waals surface area contributed by atoms with E-state index in [0.29, 0.717) is 11.9 Å². The molecule has 0 saturated carbocycles. The Morgan fingerprint density at radius 2 is 1.92 bits per heavy atom. The highest BCUT2D eigenvalue weighted by atomic mass is 79.9. The first-order valence-corrected chi connectivity index (χ1v) is 8.38. The van der Waals surface area contributed by atoms with Crippen molar-refractivity contribution in [3.63, 3.8) is 0 Å². The Bertz CT molecular complexity index is 885. The quantitative estimate of drug-likeness (QED) is 0.599. The van der Waals surface area contributed by atoms with Gasteiger partial charge in [-0.05, 0) is 54.9 Å². The van der Waals surface area contributed by atoms with Crippen LogP contribution in [0.15, 0.2) is 52.1 Å². The van der Waals surface area contributed by atoms with Gasteiger partial charge in [0.15, 0.2) is 5.69 Å². The second-order valence-electron chi connectivity index (χ2n) is 5.82. The Balaban J connectivity index is 1.98. The van der Waals surface area contributed by atoms with Gasteiger partial charge in [-0.25, -0.2) is 0 Å². The minimum absolute atomic E-state index is 0.0612. The molecule has 1 heterocycles. The number of halogens is 1. The zero-order chi connectivity index (χ0) is 17.3. The lowest BCUT2D eigenvalue weighted by Crippen LogP contribution is -2.05. The van der Waals surface area contributed by atoms with Crippen molar-refractivity contribution < 1.29 is 9.84 Å². The molecule has 1 aromatic heterocycles. The zero-order valence-electron chi connectivity index (χ0n) is 13.4. The lowest BCUT2D eigenvalue weighted by Gasteiger charge is -2.11. The van der Waals surface area contributed by atoms with E-state index in [9.17, 15) is 10.0 Å². The number of benzene rings is 2. The number of nitroso groups, excluding NO2 is 1. The molecule has 0 amide bonds. The molecule has 24 heavy (non-hydrogen) atoms. The summed E-state index contributed by atoms with van der Waals surface area (Å²) in [7, 11) is 0. The molecule has 0 saturated heterocycles. The summed E-state index contributed by atoms with van der Waals surface area (Å²) < 4.78 is 8.13. The average Bonchev–Trinajstić information content (AvgIpc) is 2.79. The molecular formula is C18H17BrN2O3. The SMILES string of the molecule is CC(C)Oc1ccc(Cn2c(O)c(N=O)c3cc(Br)ccc32)cc1. The fourth-order valence-corrected chi connectivity index (χ4v) is 3.03. The molecule has 124 valence electrons. The summed E-state index contributed by atoms with van der Waals surface area (Å²) in [6, 6.07) is 13.2. The van der Waals surface area contributed by atoms with Gasteiger partial charge in [-0.1, -0.05) is 28.1 Å². The number of hydrogen-bond acceptors (Lipinski definition) is 4. The van der Waals surface area contributed by atoms with Crippen LogP contribution in [0.5, 0.6) is 11.6 Å². The molecule has 0 atom stereocenters. The Morgan fingerprint density at radius 1 is 1.21 bits per heavy atom.